The van der Waals surface area contributed by atoms with Gasteiger partial charge in [-0.15, -0.1) is 0 Å². The molecule has 0 aromatic heterocycles. The summed E-state index contributed by atoms with van der Waals surface area (Å²) in [5.41, 5.74) is -0.525. The number of likely N-dealkylation sites (tertiary alicyclic amines) is 1. The molecule has 16 heavy (non-hydrogen) atoms. The van der Waals surface area contributed by atoms with Crippen LogP contribution in [-0.2, 0) is 4.74 Å². The van der Waals surface area contributed by atoms with Crippen LogP contribution in [0.4, 0.5) is 4.79 Å². The molecule has 2 fully saturated rings. The molecule has 0 spiro atoms. The summed E-state index contributed by atoms with van der Waals surface area (Å²) < 4.78 is 5.25. The van der Waals surface area contributed by atoms with Gasteiger partial charge in [0.05, 0.1) is 12.1 Å². The number of amides is 1. The summed E-state index contributed by atoms with van der Waals surface area (Å²) in [5.74, 6) is -0.00693. The average molecular weight is 229 g/mol. The van der Waals surface area contributed by atoms with Crippen LogP contribution in [0.1, 0.15) is 27.2 Å². The first-order valence-electron chi connectivity index (χ1n) is 5.65. The van der Waals surface area contributed by atoms with Crippen LogP contribution >= 0.6 is 0 Å². The van der Waals surface area contributed by atoms with Crippen molar-refractivity contribution < 1.29 is 19.7 Å². The molecule has 1 heterocycles. The first-order chi connectivity index (χ1) is 7.29. The zero-order valence-corrected chi connectivity index (χ0v) is 9.88. The number of aliphatic hydroxyl groups is 2. The SMILES string of the molecule is CC(C)(C)OC(=O)N1CC2CC1C(O)C2O. The number of hydrogen-bond donors (Lipinski definition) is 2. The molecule has 0 radical (unpaired) electrons. The monoisotopic (exact) mass is 229 g/mol. The Bertz CT molecular complexity index is 297. The second-order valence-corrected chi connectivity index (χ2v) is 5.68. The highest BCUT2D eigenvalue weighted by Crippen LogP contribution is 2.38. The van der Waals surface area contributed by atoms with Gasteiger partial charge in [-0.05, 0) is 27.2 Å². The fourth-order valence-corrected chi connectivity index (χ4v) is 2.51. The first-order valence-corrected chi connectivity index (χ1v) is 5.65. The summed E-state index contributed by atoms with van der Waals surface area (Å²) in [6.07, 6.45) is -1.25. The highest BCUT2D eigenvalue weighted by atomic mass is 16.6. The van der Waals surface area contributed by atoms with Crippen LogP contribution in [0.15, 0.2) is 0 Å². The molecule has 2 N–H and O–H groups in total. The van der Waals surface area contributed by atoms with Gasteiger partial charge < -0.3 is 19.8 Å². The quantitative estimate of drug-likeness (QED) is 0.628. The van der Waals surface area contributed by atoms with Crippen molar-refractivity contribution in [2.45, 2.75) is 51.0 Å². The molecule has 5 nitrogen and oxygen atoms in total. The van der Waals surface area contributed by atoms with Crippen molar-refractivity contribution in [1.82, 2.24) is 4.90 Å². The molecule has 5 heteroatoms. The fraction of sp³-hybridized carbons (Fsp3) is 0.909. The van der Waals surface area contributed by atoms with E-state index in [-0.39, 0.29) is 12.0 Å². The predicted octanol–water partition coefficient (Wildman–Crippen LogP) is 0.347. The number of piperidine rings is 1. The lowest BCUT2D eigenvalue weighted by Gasteiger charge is -2.34. The number of fused-ring (bicyclic) bond motifs is 2. The van der Waals surface area contributed by atoms with E-state index in [0.29, 0.717) is 13.0 Å². The third kappa shape index (κ3) is 1.89. The molecular weight excluding hydrogens is 210 g/mol. The largest absolute Gasteiger partial charge is 0.444 e. The summed E-state index contributed by atoms with van der Waals surface area (Å²) in [6, 6.07) is -0.283. The van der Waals surface area contributed by atoms with Gasteiger partial charge in [-0.3, -0.25) is 0 Å². The molecule has 92 valence electrons. The molecule has 4 unspecified atom stereocenters. The van der Waals surface area contributed by atoms with Crippen molar-refractivity contribution in [3.63, 3.8) is 0 Å². The number of carbonyl (C=O) groups is 1. The summed E-state index contributed by atoms with van der Waals surface area (Å²) in [5, 5.41) is 19.3. The third-order valence-electron chi connectivity index (χ3n) is 3.23. The van der Waals surface area contributed by atoms with Crippen molar-refractivity contribution in [2.75, 3.05) is 6.54 Å². The Morgan fingerprint density at radius 2 is 1.94 bits per heavy atom. The molecule has 1 amide bonds. The van der Waals surface area contributed by atoms with E-state index < -0.39 is 23.9 Å². The standard InChI is InChI=1S/C11H19NO4/c1-11(2,3)16-10(15)12-5-6-4-7(12)9(14)8(6)13/h6-9,13-14H,4-5H2,1-3H3. The fourth-order valence-electron chi connectivity index (χ4n) is 2.51. The molecule has 1 aliphatic heterocycles. The van der Waals surface area contributed by atoms with Gasteiger partial charge in [-0.1, -0.05) is 0 Å². The van der Waals surface area contributed by atoms with Crippen molar-refractivity contribution >= 4 is 6.09 Å². The lowest BCUT2D eigenvalue weighted by molar-refractivity contribution is -0.0513. The van der Waals surface area contributed by atoms with Crippen molar-refractivity contribution in [2.24, 2.45) is 5.92 Å². The minimum atomic E-state index is -0.828. The molecule has 2 aliphatic rings. The zero-order chi connectivity index (χ0) is 12.1. The first kappa shape index (κ1) is 11.7. The molecule has 2 bridgehead atoms. The second-order valence-electron chi connectivity index (χ2n) is 5.68. The van der Waals surface area contributed by atoms with E-state index in [1.54, 1.807) is 0 Å². The Hall–Kier alpha value is -0.810. The molecule has 1 saturated carbocycles. The van der Waals surface area contributed by atoms with Gasteiger partial charge in [-0.25, -0.2) is 4.79 Å². The Morgan fingerprint density at radius 3 is 2.38 bits per heavy atom. The molecule has 1 aliphatic carbocycles. The van der Waals surface area contributed by atoms with Gasteiger partial charge in [0.1, 0.15) is 11.7 Å². The van der Waals surface area contributed by atoms with E-state index in [1.165, 1.54) is 4.90 Å². The van der Waals surface area contributed by atoms with E-state index in [9.17, 15) is 15.0 Å². The van der Waals surface area contributed by atoms with Gasteiger partial charge in [-0.2, -0.15) is 0 Å². The van der Waals surface area contributed by atoms with Crippen molar-refractivity contribution in [3.8, 4) is 0 Å². The van der Waals surface area contributed by atoms with Crippen LogP contribution in [0.5, 0.6) is 0 Å². The van der Waals surface area contributed by atoms with Crippen LogP contribution in [0, 0.1) is 5.92 Å². The van der Waals surface area contributed by atoms with Gasteiger partial charge in [0.25, 0.3) is 0 Å². The summed E-state index contributed by atoms with van der Waals surface area (Å²) in [7, 11) is 0. The smallest absolute Gasteiger partial charge is 0.410 e. The maximum Gasteiger partial charge on any atom is 0.410 e. The number of nitrogens with zero attached hydrogens (tertiary/aromatic N) is 1. The number of hydrogen-bond acceptors (Lipinski definition) is 4. The maximum atomic E-state index is 11.8. The number of carbonyl (C=O) groups excluding carboxylic acids is 1. The number of rotatable bonds is 0. The highest BCUT2D eigenvalue weighted by molar-refractivity contribution is 5.69. The van der Waals surface area contributed by atoms with Gasteiger partial charge in [0.2, 0.25) is 0 Å². The predicted molar refractivity (Wildman–Crippen MR) is 56.8 cm³/mol. The normalized spacial score (nSPS) is 37.9. The summed E-state index contributed by atoms with van der Waals surface area (Å²) in [6.45, 7) is 5.91. The molecule has 0 aromatic rings. The van der Waals surface area contributed by atoms with E-state index in [1.807, 2.05) is 20.8 Å². The topological polar surface area (TPSA) is 70.0 Å². The van der Waals surface area contributed by atoms with Crippen LogP contribution in [-0.4, -0.2) is 51.6 Å². The van der Waals surface area contributed by atoms with Crippen LogP contribution in [0.25, 0.3) is 0 Å². The summed E-state index contributed by atoms with van der Waals surface area (Å²) >= 11 is 0. The zero-order valence-electron chi connectivity index (χ0n) is 9.88. The molecule has 1 saturated heterocycles. The van der Waals surface area contributed by atoms with Crippen molar-refractivity contribution in [3.05, 3.63) is 0 Å². The van der Waals surface area contributed by atoms with Crippen LogP contribution < -0.4 is 0 Å². The minimum absolute atomic E-state index is 0.00693. The Balaban J connectivity index is 2.01. The van der Waals surface area contributed by atoms with Crippen LogP contribution in [0.3, 0.4) is 0 Å². The Morgan fingerprint density at radius 1 is 1.31 bits per heavy atom. The van der Waals surface area contributed by atoms with Gasteiger partial charge in [0.15, 0.2) is 0 Å². The minimum Gasteiger partial charge on any atom is -0.444 e. The van der Waals surface area contributed by atoms with E-state index in [4.69, 9.17) is 4.74 Å². The Kier molecular flexibility index (Phi) is 2.62. The van der Waals surface area contributed by atoms with E-state index >= 15 is 0 Å². The average Bonchev–Trinajstić information content (AvgIpc) is 2.65. The molecule has 4 atom stereocenters. The molecule has 0 aromatic carbocycles. The lowest BCUT2D eigenvalue weighted by Crippen LogP contribution is -2.51. The van der Waals surface area contributed by atoms with Crippen molar-refractivity contribution in [1.29, 1.82) is 0 Å². The maximum absolute atomic E-state index is 11.8. The van der Waals surface area contributed by atoms with E-state index in [0.717, 1.165) is 0 Å². The second kappa shape index (κ2) is 3.60. The third-order valence-corrected chi connectivity index (χ3v) is 3.23. The van der Waals surface area contributed by atoms with Gasteiger partial charge >= 0.3 is 6.09 Å². The molecule has 2 rings (SSSR count). The lowest BCUT2D eigenvalue weighted by atomic mass is 10.0. The summed E-state index contributed by atoms with van der Waals surface area (Å²) in [4.78, 5) is 13.3. The molecular formula is C11H19NO4. The Labute approximate surface area is 95.0 Å². The van der Waals surface area contributed by atoms with Gasteiger partial charge in [0, 0.05) is 12.5 Å². The number of aliphatic hydroxyl groups excluding tert-OH is 2. The highest BCUT2D eigenvalue weighted by Gasteiger charge is 2.53. The van der Waals surface area contributed by atoms with E-state index in [2.05, 4.69) is 0 Å². The number of ether oxygens (including phenoxy) is 1. The van der Waals surface area contributed by atoms with Crippen LogP contribution in [0.2, 0.25) is 0 Å².